The molecule has 2 aliphatic carbocycles. The second-order valence-corrected chi connectivity index (χ2v) is 14.4. The zero-order chi connectivity index (χ0) is 34.7. The minimum Gasteiger partial charge on any atom is -0.456 e. The lowest BCUT2D eigenvalue weighted by Crippen LogP contribution is -2.26. The molecule has 0 saturated carbocycles. The summed E-state index contributed by atoms with van der Waals surface area (Å²) >= 11 is 0. The third-order valence-electron chi connectivity index (χ3n) is 11.8. The molecule has 1 spiro atoms. The maximum Gasteiger partial charge on any atom is 0.135 e. The molecule has 1 heterocycles. The van der Waals surface area contributed by atoms with Crippen LogP contribution in [0, 0.1) is 0 Å². The Bertz CT molecular complexity index is 3090. The van der Waals surface area contributed by atoms with Crippen molar-refractivity contribution in [2.45, 2.75) is 5.41 Å². The van der Waals surface area contributed by atoms with E-state index < -0.39 is 5.41 Å². The maximum atomic E-state index is 6.23. The smallest absolute Gasteiger partial charge is 0.135 e. The van der Waals surface area contributed by atoms with Crippen LogP contribution in [0.3, 0.4) is 0 Å². The molecule has 0 amide bonds. The Hall–Kier alpha value is -6.90. The minimum absolute atomic E-state index is 0.435. The summed E-state index contributed by atoms with van der Waals surface area (Å²) in [4.78, 5) is 2.37. The number of furan rings is 1. The number of nitrogens with zero attached hydrogens (tertiary/aromatic N) is 1. The topological polar surface area (TPSA) is 16.4 Å². The van der Waals surface area contributed by atoms with Crippen LogP contribution in [-0.2, 0) is 5.41 Å². The van der Waals surface area contributed by atoms with Crippen LogP contribution in [0.4, 0.5) is 17.1 Å². The highest BCUT2D eigenvalue weighted by atomic mass is 16.3. The number of hydrogen-bond acceptors (Lipinski definition) is 2. The second-order valence-electron chi connectivity index (χ2n) is 14.4. The van der Waals surface area contributed by atoms with Crippen LogP contribution >= 0.6 is 0 Å². The molecule has 1 aromatic heterocycles. The van der Waals surface area contributed by atoms with Crippen molar-refractivity contribution in [2.75, 3.05) is 4.90 Å². The third kappa shape index (κ3) is 3.82. The lowest BCUT2D eigenvalue weighted by Gasteiger charge is -2.32. The summed E-state index contributed by atoms with van der Waals surface area (Å²) in [6.07, 6.45) is 0. The fraction of sp³-hybridized carbons (Fsp3) is 0.0196. The summed E-state index contributed by atoms with van der Waals surface area (Å²) in [7, 11) is 0. The van der Waals surface area contributed by atoms with Gasteiger partial charge < -0.3 is 9.32 Å². The van der Waals surface area contributed by atoms with Gasteiger partial charge in [0.1, 0.15) is 11.2 Å². The second kappa shape index (κ2) is 10.6. The van der Waals surface area contributed by atoms with Crippen molar-refractivity contribution < 1.29 is 4.42 Å². The Morgan fingerprint density at radius 3 is 1.79 bits per heavy atom. The van der Waals surface area contributed by atoms with E-state index in [-0.39, 0.29) is 0 Å². The Kier molecular flexibility index (Phi) is 5.73. The highest BCUT2D eigenvalue weighted by Gasteiger charge is 2.52. The van der Waals surface area contributed by atoms with E-state index in [9.17, 15) is 0 Å². The van der Waals surface area contributed by atoms with Crippen molar-refractivity contribution in [3.8, 4) is 22.3 Å². The van der Waals surface area contributed by atoms with E-state index >= 15 is 0 Å². The first-order valence-corrected chi connectivity index (χ1v) is 18.3. The molecule has 0 aliphatic heterocycles. The first kappa shape index (κ1) is 28.8. The molecule has 0 bridgehead atoms. The lowest BCUT2D eigenvalue weighted by atomic mass is 9.69. The normalized spacial score (nSPS) is 13.4. The van der Waals surface area contributed by atoms with Gasteiger partial charge in [0.25, 0.3) is 0 Å². The summed E-state index contributed by atoms with van der Waals surface area (Å²) in [6.45, 7) is 0. The number of fused-ring (bicyclic) bond motifs is 16. The van der Waals surface area contributed by atoms with Gasteiger partial charge >= 0.3 is 0 Å². The molecule has 246 valence electrons. The first-order chi connectivity index (χ1) is 26.3. The van der Waals surface area contributed by atoms with Gasteiger partial charge in [0, 0.05) is 27.8 Å². The van der Waals surface area contributed by atoms with Gasteiger partial charge in [-0.25, -0.2) is 0 Å². The zero-order valence-electron chi connectivity index (χ0n) is 28.8. The first-order valence-electron chi connectivity index (χ1n) is 18.3. The monoisotopic (exact) mass is 673 g/mol. The summed E-state index contributed by atoms with van der Waals surface area (Å²) < 4.78 is 6.23. The SMILES string of the molecule is c1ccc(N(c2ccc3c4c(ccc3c2)-c2cc3ccccc3cc2C42c3ccccc3-c3ccccc32)c2ccc3oc4ccccc4c3c2)cc1. The highest BCUT2D eigenvalue weighted by molar-refractivity contribution is 6.08. The van der Waals surface area contributed by atoms with Gasteiger partial charge in [0.2, 0.25) is 0 Å². The van der Waals surface area contributed by atoms with E-state index in [0.29, 0.717) is 0 Å². The van der Waals surface area contributed by atoms with Gasteiger partial charge in [-0.1, -0.05) is 127 Å². The van der Waals surface area contributed by atoms with E-state index in [0.717, 1.165) is 39.0 Å². The number of para-hydroxylation sites is 2. The summed E-state index contributed by atoms with van der Waals surface area (Å²) in [5.74, 6) is 0. The van der Waals surface area contributed by atoms with Crippen molar-refractivity contribution in [1.29, 1.82) is 0 Å². The van der Waals surface area contributed by atoms with E-state index in [1.807, 2.05) is 12.1 Å². The molecule has 0 fully saturated rings. The molecule has 2 heteroatoms. The molecule has 2 aliphatic rings. The average Bonchev–Trinajstić information content (AvgIpc) is 3.84. The van der Waals surface area contributed by atoms with Crippen molar-refractivity contribution in [3.05, 3.63) is 210 Å². The van der Waals surface area contributed by atoms with Crippen LogP contribution in [0.15, 0.2) is 192 Å². The molecule has 0 N–H and O–H groups in total. The molecule has 10 aromatic rings. The van der Waals surface area contributed by atoms with Gasteiger partial charge in [-0.3, -0.25) is 0 Å². The largest absolute Gasteiger partial charge is 0.456 e. The van der Waals surface area contributed by atoms with Gasteiger partial charge in [0.05, 0.1) is 5.41 Å². The molecule has 2 nitrogen and oxygen atoms in total. The number of hydrogen-bond donors (Lipinski definition) is 0. The van der Waals surface area contributed by atoms with Crippen LogP contribution in [0.25, 0.3) is 65.7 Å². The van der Waals surface area contributed by atoms with Crippen LogP contribution in [0.5, 0.6) is 0 Å². The molecule has 9 aromatic carbocycles. The number of rotatable bonds is 3. The van der Waals surface area contributed by atoms with E-state index in [2.05, 4.69) is 181 Å². The van der Waals surface area contributed by atoms with Gasteiger partial charge in [0.15, 0.2) is 0 Å². The number of anilines is 3. The number of benzene rings is 9. The molecular formula is C51H31NO. The lowest BCUT2D eigenvalue weighted by molar-refractivity contribution is 0.669. The summed E-state index contributed by atoms with van der Waals surface area (Å²) in [6, 6.07) is 69.1. The fourth-order valence-corrected chi connectivity index (χ4v) is 9.66. The van der Waals surface area contributed by atoms with Gasteiger partial charge in [-0.05, 0) is 127 Å². The quantitative estimate of drug-likeness (QED) is 0.186. The standard InChI is InChI=1S/C51H31NO/c1-2-14-35(15-3-1)52(37-24-27-49-44(31-37)41-18-8-11-21-48(41)53-49)36-23-26-38-34(28-36)22-25-42-43-29-32-12-4-5-13-33(32)30-47(43)51(50(38)42)45-19-9-6-16-39(45)40-17-7-10-20-46(40)51/h1-31H. The van der Waals surface area contributed by atoms with Crippen molar-refractivity contribution in [3.63, 3.8) is 0 Å². The zero-order valence-corrected chi connectivity index (χ0v) is 28.8. The summed E-state index contributed by atoms with van der Waals surface area (Å²) in [5.41, 5.74) is 15.4. The molecule has 0 radical (unpaired) electrons. The highest BCUT2D eigenvalue weighted by Crippen LogP contribution is 2.64. The van der Waals surface area contributed by atoms with Crippen LogP contribution in [0.1, 0.15) is 22.3 Å². The van der Waals surface area contributed by atoms with Crippen molar-refractivity contribution in [1.82, 2.24) is 0 Å². The molecule has 0 unspecified atom stereocenters. The predicted octanol–water partition coefficient (Wildman–Crippen LogP) is 13.7. The Balaban J connectivity index is 1.13. The Labute approximate surface area is 306 Å². The predicted molar refractivity (Wildman–Crippen MR) is 220 cm³/mol. The molecule has 0 saturated heterocycles. The van der Waals surface area contributed by atoms with E-state index in [1.165, 1.54) is 66.1 Å². The summed E-state index contributed by atoms with van der Waals surface area (Å²) in [5, 5.41) is 7.28. The van der Waals surface area contributed by atoms with Crippen LogP contribution < -0.4 is 4.90 Å². The average molecular weight is 674 g/mol. The Morgan fingerprint density at radius 1 is 0.340 bits per heavy atom. The van der Waals surface area contributed by atoms with Crippen LogP contribution in [0.2, 0.25) is 0 Å². The van der Waals surface area contributed by atoms with Gasteiger partial charge in [-0.2, -0.15) is 0 Å². The fourth-order valence-electron chi connectivity index (χ4n) is 9.66. The van der Waals surface area contributed by atoms with Crippen molar-refractivity contribution in [2.24, 2.45) is 0 Å². The molecular weight excluding hydrogens is 643 g/mol. The maximum absolute atomic E-state index is 6.23. The van der Waals surface area contributed by atoms with Crippen LogP contribution in [-0.4, -0.2) is 0 Å². The molecule has 12 rings (SSSR count). The minimum atomic E-state index is -0.435. The van der Waals surface area contributed by atoms with Crippen molar-refractivity contribution >= 4 is 60.5 Å². The third-order valence-corrected chi connectivity index (χ3v) is 11.8. The van der Waals surface area contributed by atoms with Gasteiger partial charge in [-0.15, -0.1) is 0 Å². The molecule has 0 atom stereocenters. The Morgan fingerprint density at radius 2 is 0.981 bits per heavy atom. The van der Waals surface area contributed by atoms with E-state index in [4.69, 9.17) is 4.42 Å². The van der Waals surface area contributed by atoms with E-state index in [1.54, 1.807) is 0 Å². The molecule has 53 heavy (non-hydrogen) atoms.